The number of aliphatic hydroxyl groups is 2. The second-order valence-electron chi connectivity index (χ2n) is 9.22. The zero-order valence-electron chi connectivity index (χ0n) is 19.6. The van der Waals surface area contributed by atoms with Crippen molar-refractivity contribution in [2.75, 3.05) is 18.9 Å². The molecule has 1 aromatic carbocycles. The number of benzene rings is 1. The predicted octanol–water partition coefficient (Wildman–Crippen LogP) is 3.40. The van der Waals surface area contributed by atoms with Crippen LogP contribution in [0.15, 0.2) is 48.8 Å². The van der Waals surface area contributed by atoms with Gasteiger partial charge in [-0.2, -0.15) is 5.10 Å². The van der Waals surface area contributed by atoms with E-state index in [4.69, 9.17) is 30.2 Å². The molecule has 0 amide bonds. The van der Waals surface area contributed by atoms with Gasteiger partial charge in [0.2, 0.25) is 0 Å². The lowest BCUT2D eigenvalue weighted by Crippen LogP contribution is -2.22. The fraction of sp³-hybridized carbons (Fsp3) is 0.458. The van der Waals surface area contributed by atoms with Gasteiger partial charge in [-0.05, 0) is 30.4 Å². The van der Waals surface area contributed by atoms with Gasteiger partial charge in [0, 0.05) is 5.56 Å². The minimum absolute atomic E-state index is 0.0895. The molecule has 10 heteroatoms. The number of nitrogens with two attached hydrogens (primary N) is 1. The van der Waals surface area contributed by atoms with Crippen LogP contribution in [0.3, 0.4) is 0 Å². The smallest absolute Gasteiger partial charge is 0.434 e. The third kappa shape index (κ3) is 7.14. The van der Waals surface area contributed by atoms with Crippen molar-refractivity contribution in [1.29, 1.82) is 0 Å². The van der Waals surface area contributed by atoms with E-state index in [0.29, 0.717) is 18.0 Å². The number of carbonyl (C=O) groups is 1. The quantitative estimate of drug-likeness (QED) is 0.376. The van der Waals surface area contributed by atoms with Crippen molar-refractivity contribution in [2.24, 2.45) is 5.41 Å². The van der Waals surface area contributed by atoms with Crippen molar-refractivity contribution in [3.05, 3.63) is 60.0 Å². The Hall–Kier alpha value is -3.21. The van der Waals surface area contributed by atoms with Crippen LogP contribution in [0.2, 0.25) is 0 Å². The van der Waals surface area contributed by atoms with Gasteiger partial charge in [-0.25, -0.2) is 14.3 Å². The van der Waals surface area contributed by atoms with E-state index in [1.807, 2.05) is 39.0 Å². The number of hydrogen-bond donors (Lipinski definition) is 3. The molecule has 34 heavy (non-hydrogen) atoms. The maximum atomic E-state index is 11.6. The normalized spacial score (nSPS) is 17.9. The van der Waals surface area contributed by atoms with Gasteiger partial charge < -0.3 is 30.2 Å². The zero-order valence-corrected chi connectivity index (χ0v) is 19.6. The van der Waals surface area contributed by atoms with Gasteiger partial charge in [-0.1, -0.05) is 51.1 Å². The summed E-state index contributed by atoms with van der Waals surface area (Å²) >= 11 is 0. The van der Waals surface area contributed by atoms with Gasteiger partial charge in [-0.3, -0.25) is 0 Å². The molecule has 1 fully saturated rings. The van der Waals surface area contributed by atoms with E-state index < -0.39 is 12.4 Å². The number of rotatable bonds is 5. The number of aliphatic hydroxyl groups excluding tert-OH is 1. The van der Waals surface area contributed by atoms with E-state index in [-0.39, 0.29) is 24.2 Å². The molecular weight excluding hydrogens is 440 g/mol. The zero-order chi connectivity index (χ0) is 24.7. The molecular formula is C24H32N4O6. The van der Waals surface area contributed by atoms with Crippen molar-refractivity contribution in [3.63, 3.8) is 0 Å². The molecule has 0 saturated carbocycles. The largest absolute Gasteiger partial charge is 0.508 e. The predicted molar refractivity (Wildman–Crippen MR) is 125 cm³/mol. The molecule has 1 aliphatic rings. The topological polar surface area (TPSA) is 141 Å². The Morgan fingerprint density at radius 2 is 1.91 bits per heavy atom. The molecule has 2 atom stereocenters. The van der Waals surface area contributed by atoms with Gasteiger partial charge in [0.1, 0.15) is 24.6 Å². The van der Waals surface area contributed by atoms with Gasteiger partial charge in [0.05, 0.1) is 18.4 Å². The van der Waals surface area contributed by atoms with Crippen LogP contribution in [-0.4, -0.2) is 50.3 Å². The first kappa shape index (κ1) is 25.4. The summed E-state index contributed by atoms with van der Waals surface area (Å²) in [6.07, 6.45) is 0.772. The molecule has 0 spiro atoms. The summed E-state index contributed by atoms with van der Waals surface area (Å²) in [6, 6.07) is 12.5. The molecule has 2 unspecified atom stereocenters. The van der Waals surface area contributed by atoms with E-state index in [0.717, 1.165) is 24.1 Å². The summed E-state index contributed by atoms with van der Waals surface area (Å²) in [5, 5.41) is 21.4. The molecule has 3 heterocycles. The van der Waals surface area contributed by atoms with Gasteiger partial charge >= 0.3 is 6.16 Å². The Kier molecular flexibility index (Phi) is 8.43. The number of nitrogen functional groups attached to an aromatic ring is 1. The van der Waals surface area contributed by atoms with Crippen LogP contribution >= 0.6 is 0 Å². The number of carbonyl (C=O) groups excluding carboxylic acids is 1. The first-order valence-corrected chi connectivity index (χ1v) is 11.1. The fourth-order valence-corrected chi connectivity index (χ4v) is 3.37. The summed E-state index contributed by atoms with van der Waals surface area (Å²) < 4.78 is 18.0. The Morgan fingerprint density at radius 1 is 1.18 bits per heavy atom. The highest BCUT2D eigenvalue weighted by Crippen LogP contribution is 2.34. The van der Waals surface area contributed by atoms with E-state index in [1.54, 1.807) is 28.8 Å². The van der Waals surface area contributed by atoms with E-state index in [1.165, 1.54) is 6.33 Å². The summed E-state index contributed by atoms with van der Waals surface area (Å²) in [5.41, 5.74) is 7.96. The number of aromatic nitrogens is 3. The first-order chi connectivity index (χ1) is 16.1. The van der Waals surface area contributed by atoms with Crippen molar-refractivity contribution in [2.45, 2.75) is 52.1 Å². The molecule has 0 radical (unpaired) electrons. The molecule has 1 aliphatic heterocycles. The van der Waals surface area contributed by atoms with Gasteiger partial charge in [0.25, 0.3) is 0 Å². The van der Waals surface area contributed by atoms with Gasteiger partial charge in [-0.15, -0.1) is 0 Å². The number of fused-ring (bicyclic) bond motifs is 1. The summed E-state index contributed by atoms with van der Waals surface area (Å²) in [6.45, 7) is 6.46. The van der Waals surface area contributed by atoms with Crippen molar-refractivity contribution in [1.82, 2.24) is 14.6 Å². The molecule has 3 aromatic rings. The first-order valence-electron chi connectivity index (χ1n) is 11.1. The average Bonchev–Trinajstić information content (AvgIpc) is 3.44. The maximum absolute atomic E-state index is 11.6. The standard InChI is InChI=1S/C17H24N4O4.C7H8O2/c1-17(2,3)9-24-16(22)23-8-11-4-7-14(25-11)12-5-6-13-15(18)19-10-20-21(12)13;8-7(9)6-4-2-1-3-5-6/h5-6,10-11,14H,4,7-9H2,1-3H3,(H2,18,19,20);1-5,7-9H. The highest BCUT2D eigenvalue weighted by Gasteiger charge is 2.30. The Labute approximate surface area is 198 Å². The molecule has 1 saturated heterocycles. The second kappa shape index (κ2) is 11.3. The van der Waals surface area contributed by atoms with Gasteiger partial charge in [0.15, 0.2) is 12.1 Å². The molecule has 10 nitrogen and oxygen atoms in total. The van der Waals surface area contributed by atoms with Crippen molar-refractivity contribution >= 4 is 17.5 Å². The Bertz CT molecular complexity index is 1060. The SMILES string of the molecule is CC(C)(C)COC(=O)OCC1CCC(c2ccc3c(N)ncnn23)O1.OC(O)c1ccccc1. The lowest BCUT2D eigenvalue weighted by atomic mass is 9.99. The summed E-state index contributed by atoms with van der Waals surface area (Å²) in [7, 11) is 0. The molecule has 0 bridgehead atoms. The number of nitrogens with zero attached hydrogens (tertiary/aromatic N) is 3. The molecule has 184 valence electrons. The van der Waals surface area contributed by atoms with E-state index in [2.05, 4.69) is 10.1 Å². The minimum Gasteiger partial charge on any atom is -0.434 e. The lowest BCUT2D eigenvalue weighted by Gasteiger charge is -2.18. The van der Waals surface area contributed by atoms with Crippen molar-refractivity contribution < 1.29 is 29.2 Å². The number of ether oxygens (including phenoxy) is 3. The highest BCUT2D eigenvalue weighted by molar-refractivity contribution is 5.65. The number of hydrogen-bond acceptors (Lipinski definition) is 9. The van der Waals surface area contributed by atoms with Crippen LogP contribution < -0.4 is 5.73 Å². The molecule has 0 aliphatic carbocycles. The lowest BCUT2D eigenvalue weighted by molar-refractivity contribution is -0.0424. The highest BCUT2D eigenvalue weighted by atomic mass is 16.7. The molecule has 2 aromatic heterocycles. The summed E-state index contributed by atoms with van der Waals surface area (Å²) in [4.78, 5) is 15.6. The van der Waals surface area contributed by atoms with Crippen LogP contribution in [0.25, 0.3) is 5.52 Å². The third-order valence-corrected chi connectivity index (χ3v) is 5.06. The molecule has 4 N–H and O–H groups in total. The monoisotopic (exact) mass is 472 g/mol. The van der Waals surface area contributed by atoms with E-state index >= 15 is 0 Å². The Balaban J connectivity index is 0.000000302. The van der Waals surface area contributed by atoms with Crippen LogP contribution in [0.4, 0.5) is 10.6 Å². The molecule has 4 rings (SSSR count). The number of anilines is 1. The average molecular weight is 473 g/mol. The minimum atomic E-state index is -1.34. The van der Waals surface area contributed by atoms with Crippen LogP contribution in [0, 0.1) is 5.41 Å². The third-order valence-electron chi connectivity index (χ3n) is 5.06. The van der Waals surface area contributed by atoms with E-state index in [9.17, 15) is 4.79 Å². The van der Waals surface area contributed by atoms with Crippen LogP contribution in [-0.2, 0) is 14.2 Å². The van der Waals surface area contributed by atoms with Crippen molar-refractivity contribution in [3.8, 4) is 0 Å². The van der Waals surface area contributed by atoms with Crippen LogP contribution in [0.1, 0.15) is 57.3 Å². The van der Waals surface area contributed by atoms with Crippen LogP contribution in [0.5, 0.6) is 0 Å². The summed E-state index contributed by atoms with van der Waals surface area (Å²) in [5.74, 6) is 0.431. The maximum Gasteiger partial charge on any atom is 0.508 e. The second-order valence-corrected chi connectivity index (χ2v) is 9.22. The Morgan fingerprint density at radius 3 is 2.56 bits per heavy atom. The fourth-order valence-electron chi connectivity index (χ4n) is 3.37.